The van der Waals surface area contributed by atoms with Gasteiger partial charge in [-0.05, 0) is 25.6 Å². The van der Waals surface area contributed by atoms with Crippen molar-refractivity contribution < 1.29 is 8.42 Å². The second-order valence-electron chi connectivity index (χ2n) is 4.58. The van der Waals surface area contributed by atoms with Crippen molar-refractivity contribution in [2.24, 2.45) is 0 Å². The first-order chi connectivity index (χ1) is 9.51. The summed E-state index contributed by atoms with van der Waals surface area (Å²) in [7, 11) is -3.54. The minimum Gasteiger partial charge on any atom is -0.313 e. The van der Waals surface area contributed by atoms with Gasteiger partial charge in [-0.1, -0.05) is 13.8 Å². The molecule has 1 atom stereocenters. The molecule has 20 heavy (non-hydrogen) atoms. The molecule has 0 saturated carbocycles. The molecule has 1 heterocycles. The Morgan fingerprint density at radius 2 is 2.20 bits per heavy atom. The number of rotatable bonds is 10. The minimum atomic E-state index is -3.54. The molecule has 1 aromatic heterocycles. The van der Waals surface area contributed by atoms with Crippen LogP contribution < -0.4 is 10.0 Å². The molecular formula is C12H24N4O2S2. The average Bonchev–Trinajstić information content (AvgIpc) is 2.85. The Hall–Kier alpha value is -0.570. The third-order valence-corrected chi connectivity index (χ3v) is 5.36. The summed E-state index contributed by atoms with van der Waals surface area (Å²) >= 11 is 1.71. The first kappa shape index (κ1) is 17.5. The predicted molar refractivity (Wildman–Crippen MR) is 83.4 cm³/mol. The number of H-pyrrole nitrogens is 1. The van der Waals surface area contributed by atoms with Gasteiger partial charge in [-0.2, -0.15) is 16.9 Å². The molecule has 0 spiro atoms. The second-order valence-corrected chi connectivity index (χ2v) is 7.55. The van der Waals surface area contributed by atoms with Crippen molar-refractivity contribution in [2.75, 3.05) is 18.1 Å². The van der Waals surface area contributed by atoms with Crippen LogP contribution in [0.3, 0.4) is 0 Å². The van der Waals surface area contributed by atoms with Gasteiger partial charge in [0.1, 0.15) is 0 Å². The van der Waals surface area contributed by atoms with Crippen molar-refractivity contribution >= 4 is 21.8 Å². The summed E-state index contributed by atoms with van der Waals surface area (Å²) in [6.45, 7) is 7.33. The molecule has 1 unspecified atom stereocenters. The Morgan fingerprint density at radius 1 is 1.45 bits per heavy atom. The third-order valence-electron chi connectivity index (χ3n) is 2.62. The fourth-order valence-electron chi connectivity index (χ4n) is 1.71. The SMILES string of the molecule is CCCNCc1cn[nH]c1S(=O)(=O)NC(C)CSCC. The second kappa shape index (κ2) is 8.66. The molecule has 0 amide bonds. The lowest BCUT2D eigenvalue weighted by Crippen LogP contribution is -2.35. The molecule has 0 aliphatic carbocycles. The van der Waals surface area contributed by atoms with Crippen molar-refractivity contribution in [3.63, 3.8) is 0 Å². The molecule has 0 fully saturated rings. The number of hydrogen-bond donors (Lipinski definition) is 3. The van der Waals surface area contributed by atoms with Crippen molar-refractivity contribution in [3.05, 3.63) is 11.8 Å². The highest BCUT2D eigenvalue weighted by atomic mass is 32.2. The topological polar surface area (TPSA) is 86.9 Å². The summed E-state index contributed by atoms with van der Waals surface area (Å²) in [4.78, 5) is 0. The molecule has 1 rings (SSSR count). The highest BCUT2D eigenvalue weighted by Crippen LogP contribution is 2.13. The van der Waals surface area contributed by atoms with Crippen LogP contribution in [0.2, 0.25) is 0 Å². The van der Waals surface area contributed by atoms with E-state index in [1.807, 2.05) is 6.92 Å². The number of nitrogens with zero attached hydrogens (tertiary/aromatic N) is 1. The molecule has 0 radical (unpaired) electrons. The van der Waals surface area contributed by atoms with Crippen LogP contribution in [0.4, 0.5) is 0 Å². The van der Waals surface area contributed by atoms with Crippen LogP contribution in [0.5, 0.6) is 0 Å². The van der Waals surface area contributed by atoms with E-state index < -0.39 is 10.0 Å². The highest BCUT2D eigenvalue weighted by Gasteiger charge is 2.22. The van der Waals surface area contributed by atoms with Gasteiger partial charge in [0.05, 0.1) is 6.20 Å². The zero-order valence-corrected chi connectivity index (χ0v) is 13.9. The summed E-state index contributed by atoms with van der Waals surface area (Å²) in [5.74, 6) is 1.73. The number of sulfonamides is 1. The Balaban J connectivity index is 2.69. The van der Waals surface area contributed by atoms with Gasteiger partial charge in [0.2, 0.25) is 0 Å². The normalized spacial score (nSPS) is 13.6. The molecular weight excluding hydrogens is 296 g/mol. The number of nitrogens with one attached hydrogen (secondary N) is 3. The van der Waals surface area contributed by atoms with Gasteiger partial charge in [0.25, 0.3) is 10.0 Å². The highest BCUT2D eigenvalue weighted by molar-refractivity contribution is 7.99. The molecule has 0 aromatic carbocycles. The fourth-order valence-corrected chi connectivity index (χ4v) is 3.86. The van der Waals surface area contributed by atoms with Gasteiger partial charge in [0, 0.05) is 23.9 Å². The van der Waals surface area contributed by atoms with Crippen LogP contribution in [-0.4, -0.2) is 42.7 Å². The first-order valence-electron chi connectivity index (χ1n) is 6.84. The van der Waals surface area contributed by atoms with Gasteiger partial charge in [-0.25, -0.2) is 13.1 Å². The maximum Gasteiger partial charge on any atom is 0.258 e. The lowest BCUT2D eigenvalue weighted by Gasteiger charge is -2.13. The molecule has 1 aromatic rings. The van der Waals surface area contributed by atoms with E-state index in [4.69, 9.17) is 0 Å². The maximum atomic E-state index is 12.3. The monoisotopic (exact) mass is 320 g/mol. The predicted octanol–water partition coefficient (Wildman–Crippen LogP) is 1.33. The van der Waals surface area contributed by atoms with Crippen molar-refractivity contribution in [1.29, 1.82) is 0 Å². The summed E-state index contributed by atoms with van der Waals surface area (Å²) in [6.07, 6.45) is 2.56. The van der Waals surface area contributed by atoms with Crippen molar-refractivity contribution in [2.45, 2.75) is 44.8 Å². The van der Waals surface area contributed by atoms with E-state index in [1.54, 1.807) is 18.0 Å². The van der Waals surface area contributed by atoms with E-state index in [2.05, 4.69) is 34.1 Å². The molecule has 0 saturated heterocycles. The first-order valence-corrected chi connectivity index (χ1v) is 9.48. The van der Waals surface area contributed by atoms with Gasteiger partial charge in [0.15, 0.2) is 5.03 Å². The van der Waals surface area contributed by atoms with Crippen LogP contribution in [0, 0.1) is 0 Å². The van der Waals surface area contributed by atoms with Crippen LogP contribution in [0.25, 0.3) is 0 Å². The Kier molecular flexibility index (Phi) is 7.57. The summed E-state index contributed by atoms with van der Waals surface area (Å²) in [5, 5.41) is 9.78. The molecule has 8 heteroatoms. The zero-order valence-electron chi connectivity index (χ0n) is 12.3. The van der Waals surface area contributed by atoms with Gasteiger partial charge in [-0.15, -0.1) is 0 Å². The summed E-state index contributed by atoms with van der Waals surface area (Å²) < 4.78 is 27.3. The van der Waals surface area contributed by atoms with E-state index in [-0.39, 0.29) is 11.1 Å². The number of aromatic nitrogens is 2. The van der Waals surface area contributed by atoms with Gasteiger partial charge < -0.3 is 5.32 Å². The van der Waals surface area contributed by atoms with E-state index in [1.165, 1.54) is 0 Å². The largest absolute Gasteiger partial charge is 0.313 e. The molecule has 6 nitrogen and oxygen atoms in total. The third kappa shape index (κ3) is 5.43. The summed E-state index contributed by atoms with van der Waals surface area (Å²) in [5.41, 5.74) is 0.668. The summed E-state index contributed by atoms with van der Waals surface area (Å²) in [6, 6.07) is -0.107. The maximum absolute atomic E-state index is 12.3. The van der Waals surface area contributed by atoms with E-state index in [0.717, 1.165) is 24.5 Å². The fraction of sp³-hybridized carbons (Fsp3) is 0.750. The standard InChI is InChI=1S/C12H24N4O2S2/c1-4-6-13-7-11-8-14-15-12(11)20(17,18)16-10(3)9-19-5-2/h8,10,13,16H,4-7,9H2,1-3H3,(H,14,15). The molecule has 116 valence electrons. The smallest absolute Gasteiger partial charge is 0.258 e. The van der Waals surface area contributed by atoms with Crippen LogP contribution >= 0.6 is 11.8 Å². The van der Waals surface area contributed by atoms with Gasteiger partial charge >= 0.3 is 0 Å². The lowest BCUT2D eigenvalue weighted by molar-refractivity contribution is 0.563. The number of thioether (sulfide) groups is 1. The lowest BCUT2D eigenvalue weighted by atomic mass is 10.3. The van der Waals surface area contributed by atoms with Crippen LogP contribution in [0.1, 0.15) is 32.8 Å². The minimum absolute atomic E-state index is 0.107. The Morgan fingerprint density at radius 3 is 2.85 bits per heavy atom. The molecule has 0 aliphatic rings. The molecule has 0 aliphatic heterocycles. The quantitative estimate of drug-likeness (QED) is 0.566. The van der Waals surface area contributed by atoms with Crippen molar-refractivity contribution in [3.8, 4) is 0 Å². The van der Waals surface area contributed by atoms with Crippen molar-refractivity contribution in [1.82, 2.24) is 20.2 Å². The Bertz CT molecular complexity index is 487. The van der Waals surface area contributed by atoms with E-state index in [0.29, 0.717) is 12.1 Å². The van der Waals surface area contributed by atoms with E-state index in [9.17, 15) is 8.42 Å². The van der Waals surface area contributed by atoms with Crippen LogP contribution in [0.15, 0.2) is 11.2 Å². The molecule has 3 N–H and O–H groups in total. The van der Waals surface area contributed by atoms with Gasteiger partial charge in [-0.3, -0.25) is 5.10 Å². The Labute approximate surface area is 125 Å². The molecule has 0 bridgehead atoms. The number of aromatic amines is 1. The average molecular weight is 320 g/mol. The zero-order chi connectivity index (χ0) is 15.0. The van der Waals surface area contributed by atoms with E-state index >= 15 is 0 Å². The van der Waals surface area contributed by atoms with Crippen LogP contribution in [-0.2, 0) is 16.6 Å². The number of hydrogen-bond acceptors (Lipinski definition) is 5.